The zero-order valence-electron chi connectivity index (χ0n) is 17.2. The topological polar surface area (TPSA) is 100 Å². The minimum Gasteiger partial charge on any atom is -0.485 e. The number of halogens is 1. The molecule has 7 heteroatoms. The zero-order chi connectivity index (χ0) is 22.5. The van der Waals surface area contributed by atoms with E-state index < -0.39 is 23.4 Å². The molecule has 0 fully saturated rings. The van der Waals surface area contributed by atoms with Crippen molar-refractivity contribution in [3.63, 3.8) is 0 Å². The van der Waals surface area contributed by atoms with Gasteiger partial charge in [0.1, 0.15) is 17.7 Å². The molecule has 0 bridgehead atoms. The van der Waals surface area contributed by atoms with Crippen LogP contribution in [0, 0.1) is 23.1 Å². The van der Waals surface area contributed by atoms with Gasteiger partial charge < -0.3 is 10.5 Å². The molecular formula is C25H19FN4O2. The fraction of sp³-hybridized carbons (Fsp3) is 0.160. The first-order valence-corrected chi connectivity index (χ1v) is 10.2. The van der Waals surface area contributed by atoms with E-state index >= 15 is 0 Å². The number of hydrogen-bond acceptors (Lipinski definition) is 5. The summed E-state index contributed by atoms with van der Waals surface area (Å²) >= 11 is 0. The van der Waals surface area contributed by atoms with Gasteiger partial charge >= 0.3 is 0 Å². The highest BCUT2D eigenvalue weighted by atomic mass is 19.1. The molecule has 1 spiro atoms. The summed E-state index contributed by atoms with van der Waals surface area (Å²) < 4.78 is 20.9. The van der Waals surface area contributed by atoms with Crippen molar-refractivity contribution >= 4 is 11.9 Å². The highest BCUT2D eigenvalue weighted by Crippen LogP contribution is 2.53. The summed E-state index contributed by atoms with van der Waals surface area (Å²) in [6, 6.07) is 21.1. The molecule has 0 aliphatic carbocycles. The number of hydrogen-bond donors (Lipinski definition) is 2. The van der Waals surface area contributed by atoms with Crippen molar-refractivity contribution < 1.29 is 13.9 Å². The number of nitrogens with two attached hydrogens (primary N) is 1. The van der Waals surface area contributed by atoms with E-state index in [0.29, 0.717) is 22.4 Å². The maximum atomic E-state index is 14.7. The average Bonchev–Trinajstić information content (AvgIpc) is 3.11. The molecule has 3 aromatic rings. The van der Waals surface area contributed by atoms with Crippen molar-refractivity contribution in [2.45, 2.75) is 18.6 Å². The molecular weight excluding hydrogens is 407 g/mol. The first-order valence-electron chi connectivity index (χ1n) is 10.2. The first-order chi connectivity index (χ1) is 15.4. The molecule has 3 N–H and O–H groups in total. The maximum absolute atomic E-state index is 14.7. The third kappa shape index (κ3) is 2.84. The van der Waals surface area contributed by atoms with Crippen LogP contribution < -0.4 is 15.8 Å². The molecule has 5 rings (SSSR count). The van der Waals surface area contributed by atoms with E-state index in [-0.39, 0.29) is 11.9 Å². The number of fused-ring (bicyclic) bond motifs is 2. The summed E-state index contributed by atoms with van der Waals surface area (Å²) in [7, 11) is 0. The van der Waals surface area contributed by atoms with E-state index in [1.54, 1.807) is 42.5 Å². The lowest BCUT2D eigenvalue weighted by Crippen LogP contribution is -2.48. The standard InChI is InChI=1S/C25H19FN4O2/c1-14-22(18-7-2-3-8-20(18)26)32-21-10-9-17(16-6-4-5-15(11-16)13-27)12-19(21)25(14)23(31)29-24(28)30-25/h2-12,14,22H,1H3,(H3,28,29,30,31)/t14?,22-,25?/m1/s1. The SMILES string of the molecule is CC1[C@H](c2ccccc2F)Oc2ccc(-c3cccc(C#N)c3)cc2C12N=C(N)NC2=O. The Balaban J connectivity index is 1.71. The fourth-order valence-electron chi connectivity index (χ4n) is 4.59. The molecule has 3 aromatic carbocycles. The number of carbonyl (C=O) groups excluding carboxylic acids is 1. The summed E-state index contributed by atoms with van der Waals surface area (Å²) in [5.74, 6) is -0.891. The minimum atomic E-state index is -1.37. The van der Waals surface area contributed by atoms with Crippen LogP contribution in [0.2, 0.25) is 0 Å². The number of nitriles is 1. The van der Waals surface area contributed by atoms with Gasteiger partial charge in [-0.2, -0.15) is 5.26 Å². The number of amides is 1. The maximum Gasteiger partial charge on any atom is 0.259 e. The van der Waals surface area contributed by atoms with Crippen LogP contribution in [0.25, 0.3) is 11.1 Å². The molecule has 0 saturated heterocycles. The molecule has 2 aliphatic rings. The van der Waals surface area contributed by atoms with Gasteiger partial charge in [-0.05, 0) is 41.5 Å². The Kier molecular flexibility index (Phi) is 4.45. The molecule has 3 atom stereocenters. The van der Waals surface area contributed by atoms with Gasteiger partial charge in [-0.25, -0.2) is 9.38 Å². The zero-order valence-corrected chi connectivity index (χ0v) is 17.2. The highest BCUT2D eigenvalue weighted by Gasteiger charge is 2.57. The lowest BCUT2D eigenvalue weighted by Gasteiger charge is -2.42. The Hall–Kier alpha value is -4.18. The summed E-state index contributed by atoms with van der Waals surface area (Å²) in [5.41, 5.74) is 7.60. The van der Waals surface area contributed by atoms with Gasteiger partial charge in [-0.1, -0.05) is 43.3 Å². The van der Waals surface area contributed by atoms with Crippen molar-refractivity contribution in [2.24, 2.45) is 16.6 Å². The third-order valence-electron chi connectivity index (χ3n) is 6.18. The normalized spacial score (nSPS) is 23.7. The smallest absolute Gasteiger partial charge is 0.259 e. The number of benzene rings is 3. The van der Waals surface area contributed by atoms with Crippen LogP contribution in [0.5, 0.6) is 5.75 Å². The second kappa shape index (κ2) is 7.20. The molecule has 0 radical (unpaired) electrons. The van der Waals surface area contributed by atoms with Gasteiger partial charge in [-0.15, -0.1) is 0 Å². The second-order valence-electron chi connectivity index (χ2n) is 7.97. The summed E-state index contributed by atoms with van der Waals surface area (Å²) in [4.78, 5) is 17.8. The minimum absolute atomic E-state index is 0.0128. The molecule has 2 aliphatic heterocycles. The van der Waals surface area contributed by atoms with Crippen LogP contribution in [-0.2, 0) is 10.3 Å². The van der Waals surface area contributed by atoms with Crippen molar-refractivity contribution in [3.8, 4) is 22.9 Å². The summed E-state index contributed by atoms with van der Waals surface area (Å²) in [6.45, 7) is 1.81. The van der Waals surface area contributed by atoms with E-state index in [4.69, 9.17) is 10.5 Å². The van der Waals surface area contributed by atoms with Gasteiger partial charge in [0.25, 0.3) is 5.91 Å². The van der Waals surface area contributed by atoms with Crippen LogP contribution in [0.1, 0.15) is 29.7 Å². The Labute approximate surface area is 184 Å². The Morgan fingerprint density at radius 3 is 2.62 bits per heavy atom. The molecule has 6 nitrogen and oxygen atoms in total. The number of ether oxygens (including phenoxy) is 1. The number of nitrogens with zero attached hydrogens (tertiary/aromatic N) is 2. The lowest BCUT2D eigenvalue weighted by atomic mass is 9.72. The van der Waals surface area contributed by atoms with Crippen LogP contribution in [0.4, 0.5) is 4.39 Å². The largest absolute Gasteiger partial charge is 0.485 e. The molecule has 2 unspecified atom stereocenters. The second-order valence-corrected chi connectivity index (χ2v) is 7.97. The quantitative estimate of drug-likeness (QED) is 0.651. The Morgan fingerprint density at radius 2 is 1.91 bits per heavy atom. The van der Waals surface area contributed by atoms with E-state index in [1.165, 1.54) is 6.07 Å². The molecule has 0 saturated carbocycles. The number of rotatable bonds is 2. The number of aliphatic imine (C=N–C) groups is 1. The molecule has 0 aromatic heterocycles. The van der Waals surface area contributed by atoms with E-state index in [9.17, 15) is 14.4 Å². The summed E-state index contributed by atoms with van der Waals surface area (Å²) in [6.07, 6.45) is -0.739. The monoisotopic (exact) mass is 426 g/mol. The molecule has 1 amide bonds. The van der Waals surface area contributed by atoms with Gasteiger partial charge in [0.2, 0.25) is 0 Å². The van der Waals surface area contributed by atoms with Gasteiger partial charge in [-0.3, -0.25) is 10.1 Å². The van der Waals surface area contributed by atoms with Crippen molar-refractivity contribution in [1.82, 2.24) is 5.32 Å². The highest BCUT2D eigenvalue weighted by molar-refractivity contribution is 6.08. The molecule has 158 valence electrons. The fourth-order valence-corrected chi connectivity index (χ4v) is 4.59. The van der Waals surface area contributed by atoms with E-state index in [2.05, 4.69) is 16.4 Å². The Bertz CT molecular complexity index is 1330. The number of carbonyl (C=O) groups is 1. The van der Waals surface area contributed by atoms with Gasteiger partial charge in [0.15, 0.2) is 11.5 Å². The van der Waals surface area contributed by atoms with Crippen molar-refractivity contribution in [3.05, 3.63) is 89.2 Å². The van der Waals surface area contributed by atoms with Crippen molar-refractivity contribution in [1.29, 1.82) is 5.26 Å². The van der Waals surface area contributed by atoms with Crippen LogP contribution >= 0.6 is 0 Å². The summed E-state index contributed by atoms with van der Waals surface area (Å²) in [5, 5.41) is 11.9. The van der Waals surface area contributed by atoms with Crippen LogP contribution in [0.15, 0.2) is 71.7 Å². The lowest BCUT2D eigenvalue weighted by molar-refractivity contribution is -0.128. The van der Waals surface area contributed by atoms with E-state index in [0.717, 1.165) is 11.1 Å². The van der Waals surface area contributed by atoms with Gasteiger partial charge in [0, 0.05) is 17.0 Å². The van der Waals surface area contributed by atoms with Crippen LogP contribution in [0.3, 0.4) is 0 Å². The van der Waals surface area contributed by atoms with Crippen molar-refractivity contribution in [2.75, 3.05) is 0 Å². The predicted octanol–water partition coefficient (Wildman–Crippen LogP) is 3.77. The first kappa shape index (κ1) is 19.8. The average molecular weight is 426 g/mol. The predicted molar refractivity (Wildman–Crippen MR) is 117 cm³/mol. The molecule has 2 heterocycles. The van der Waals surface area contributed by atoms with E-state index in [1.807, 2.05) is 25.1 Å². The molecule has 32 heavy (non-hydrogen) atoms. The Morgan fingerprint density at radius 1 is 1.12 bits per heavy atom. The third-order valence-corrected chi connectivity index (χ3v) is 6.18. The number of guanidine groups is 1. The van der Waals surface area contributed by atoms with Crippen LogP contribution in [-0.4, -0.2) is 11.9 Å². The number of nitrogens with one attached hydrogen (secondary N) is 1. The van der Waals surface area contributed by atoms with Gasteiger partial charge in [0.05, 0.1) is 11.6 Å².